The zero-order valence-electron chi connectivity index (χ0n) is 14.8. The fourth-order valence-electron chi connectivity index (χ4n) is 2.99. The number of fused-ring (bicyclic) bond motifs is 1. The van der Waals surface area contributed by atoms with E-state index in [1.54, 1.807) is 6.20 Å². The molecule has 1 aromatic carbocycles. The zero-order valence-corrected chi connectivity index (χ0v) is 15.6. The molecule has 0 unspecified atom stereocenters. The highest BCUT2D eigenvalue weighted by Gasteiger charge is 2.18. The van der Waals surface area contributed by atoms with Crippen molar-refractivity contribution in [2.24, 2.45) is 5.92 Å². The molecule has 138 valence electrons. The summed E-state index contributed by atoms with van der Waals surface area (Å²) in [5.74, 6) is -0.280. The van der Waals surface area contributed by atoms with Crippen LogP contribution in [0.25, 0.3) is 11.0 Å². The SMILES string of the molecule is CC(C)Cn1cc(CCNS(=O)(=O)c2ccccc2F)c2cccnc21. The van der Waals surface area contributed by atoms with Gasteiger partial charge in [0.05, 0.1) is 0 Å². The first-order chi connectivity index (χ1) is 12.4. The molecular formula is C19H22FN3O2S. The van der Waals surface area contributed by atoms with Gasteiger partial charge in [0.2, 0.25) is 10.0 Å². The van der Waals surface area contributed by atoms with E-state index in [-0.39, 0.29) is 11.4 Å². The van der Waals surface area contributed by atoms with Crippen LogP contribution in [0.5, 0.6) is 0 Å². The third-order valence-corrected chi connectivity index (χ3v) is 5.59. The van der Waals surface area contributed by atoms with Gasteiger partial charge in [-0.05, 0) is 42.2 Å². The molecule has 0 saturated carbocycles. The molecule has 0 atom stereocenters. The lowest BCUT2D eigenvalue weighted by atomic mass is 10.2. The summed E-state index contributed by atoms with van der Waals surface area (Å²) in [6.45, 7) is 5.30. The maximum absolute atomic E-state index is 13.7. The van der Waals surface area contributed by atoms with Gasteiger partial charge in [-0.25, -0.2) is 22.5 Å². The van der Waals surface area contributed by atoms with Gasteiger partial charge in [0.15, 0.2) is 0 Å². The van der Waals surface area contributed by atoms with E-state index in [0.29, 0.717) is 12.3 Å². The first-order valence-corrected chi connectivity index (χ1v) is 10.0. The van der Waals surface area contributed by atoms with Crippen molar-refractivity contribution in [3.05, 3.63) is 60.2 Å². The minimum atomic E-state index is -3.87. The van der Waals surface area contributed by atoms with Crippen molar-refractivity contribution in [1.82, 2.24) is 14.3 Å². The molecule has 2 aromatic heterocycles. The molecule has 3 rings (SSSR count). The average molecular weight is 375 g/mol. The van der Waals surface area contributed by atoms with Crippen LogP contribution in [0.4, 0.5) is 4.39 Å². The van der Waals surface area contributed by atoms with E-state index in [1.165, 1.54) is 18.2 Å². The van der Waals surface area contributed by atoms with Crippen LogP contribution in [0.3, 0.4) is 0 Å². The third-order valence-electron chi connectivity index (χ3n) is 4.09. The average Bonchev–Trinajstić information content (AvgIpc) is 2.92. The highest BCUT2D eigenvalue weighted by atomic mass is 32.2. The van der Waals surface area contributed by atoms with E-state index < -0.39 is 15.8 Å². The number of hydrogen-bond donors (Lipinski definition) is 1. The smallest absolute Gasteiger partial charge is 0.243 e. The molecule has 5 nitrogen and oxygen atoms in total. The first-order valence-electron chi connectivity index (χ1n) is 8.55. The number of nitrogens with one attached hydrogen (secondary N) is 1. The minimum absolute atomic E-state index is 0.187. The van der Waals surface area contributed by atoms with Crippen molar-refractivity contribution >= 4 is 21.1 Å². The Morgan fingerprint density at radius 2 is 1.96 bits per heavy atom. The number of pyridine rings is 1. The van der Waals surface area contributed by atoms with Crippen LogP contribution in [0.15, 0.2) is 53.7 Å². The molecule has 0 bridgehead atoms. The second kappa shape index (κ2) is 7.55. The Hall–Kier alpha value is -2.25. The number of aromatic nitrogens is 2. The number of benzene rings is 1. The van der Waals surface area contributed by atoms with E-state index >= 15 is 0 Å². The molecule has 1 N–H and O–H groups in total. The van der Waals surface area contributed by atoms with Gasteiger partial charge in [0, 0.05) is 30.9 Å². The summed E-state index contributed by atoms with van der Waals surface area (Å²) in [5.41, 5.74) is 1.91. The van der Waals surface area contributed by atoms with Gasteiger partial charge in [0.1, 0.15) is 16.4 Å². The van der Waals surface area contributed by atoms with E-state index in [9.17, 15) is 12.8 Å². The number of sulfonamides is 1. The molecule has 0 saturated heterocycles. The van der Waals surface area contributed by atoms with Gasteiger partial charge in [0.25, 0.3) is 0 Å². The maximum atomic E-state index is 13.7. The lowest BCUT2D eigenvalue weighted by Gasteiger charge is -2.07. The third kappa shape index (κ3) is 3.94. The van der Waals surface area contributed by atoms with Crippen molar-refractivity contribution in [3.8, 4) is 0 Å². The second-order valence-corrected chi connectivity index (χ2v) is 8.39. The quantitative estimate of drug-likeness (QED) is 0.689. The Labute approximate surface area is 152 Å². The minimum Gasteiger partial charge on any atom is -0.332 e. The van der Waals surface area contributed by atoms with Crippen LogP contribution in [0.1, 0.15) is 19.4 Å². The summed E-state index contributed by atoms with van der Waals surface area (Å²) in [5, 5.41) is 1.01. The van der Waals surface area contributed by atoms with Gasteiger partial charge >= 0.3 is 0 Å². The van der Waals surface area contributed by atoms with Crippen LogP contribution in [-0.2, 0) is 23.0 Å². The molecule has 0 aliphatic rings. The summed E-state index contributed by atoms with van der Waals surface area (Å²) < 4.78 is 42.9. The number of rotatable bonds is 7. The molecule has 0 radical (unpaired) electrons. The van der Waals surface area contributed by atoms with Gasteiger partial charge in [-0.3, -0.25) is 0 Å². The predicted molar refractivity (Wildman–Crippen MR) is 99.9 cm³/mol. The van der Waals surface area contributed by atoms with E-state index in [0.717, 1.165) is 29.2 Å². The molecule has 7 heteroatoms. The van der Waals surface area contributed by atoms with Crippen molar-refractivity contribution in [1.29, 1.82) is 0 Å². The second-order valence-electron chi connectivity index (χ2n) is 6.65. The monoisotopic (exact) mass is 375 g/mol. The number of nitrogens with zero attached hydrogens (tertiary/aromatic N) is 2. The summed E-state index contributed by atoms with van der Waals surface area (Å²) in [6, 6.07) is 9.22. The lowest BCUT2D eigenvalue weighted by Crippen LogP contribution is -2.26. The largest absolute Gasteiger partial charge is 0.332 e. The summed E-state index contributed by atoms with van der Waals surface area (Å²) in [6.07, 6.45) is 4.28. The van der Waals surface area contributed by atoms with Crippen molar-refractivity contribution in [2.75, 3.05) is 6.54 Å². The highest BCUT2D eigenvalue weighted by Crippen LogP contribution is 2.21. The molecular weight excluding hydrogens is 353 g/mol. The molecule has 0 aliphatic carbocycles. The van der Waals surface area contributed by atoms with Gasteiger partial charge in [-0.1, -0.05) is 26.0 Å². The zero-order chi connectivity index (χ0) is 18.7. The summed E-state index contributed by atoms with van der Waals surface area (Å²) in [7, 11) is -3.87. The molecule has 0 amide bonds. The molecule has 0 aliphatic heterocycles. The summed E-state index contributed by atoms with van der Waals surface area (Å²) >= 11 is 0. The van der Waals surface area contributed by atoms with Gasteiger partial charge < -0.3 is 4.57 Å². The highest BCUT2D eigenvalue weighted by molar-refractivity contribution is 7.89. The fraction of sp³-hybridized carbons (Fsp3) is 0.316. The van der Waals surface area contributed by atoms with Crippen LogP contribution in [0.2, 0.25) is 0 Å². The molecule has 2 heterocycles. The van der Waals surface area contributed by atoms with E-state index in [2.05, 4.69) is 28.1 Å². The van der Waals surface area contributed by atoms with Gasteiger partial charge in [-0.15, -0.1) is 0 Å². The maximum Gasteiger partial charge on any atom is 0.243 e. The fourth-order valence-corrected chi connectivity index (χ4v) is 4.10. The Morgan fingerprint density at radius 1 is 1.19 bits per heavy atom. The molecule has 3 aromatic rings. The Balaban J connectivity index is 1.77. The van der Waals surface area contributed by atoms with E-state index in [1.807, 2.05) is 18.3 Å². The molecule has 0 spiro atoms. The Kier molecular flexibility index (Phi) is 5.38. The van der Waals surface area contributed by atoms with Crippen molar-refractivity contribution < 1.29 is 12.8 Å². The van der Waals surface area contributed by atoms with Crippen LogP contribution < -0.4 is 4.72 Å². The normalized spacial score (nSPS) is 12.2. The van der Waals surface area contributed by atoms with E-state index in [4.69, 9.17) is 0 Å². The summed E-state index contributed by atoms with van der Waals surface area (Å²) in [4.78, 5) is 4.12. The Morgan fingerprint density at radius 3 is 2.69 bits per heavy atom. The number of hydrogen-bond acceptors (Lipinski definition) is 3. The lowest BCUT2D eigenvalue weighted by molar-refractivity contribution is 0.532. The molecule has 0 fully saturated rings. The first kappa shape index (κ1) is 18.5. The van der Waals surface area contributed by atoms with Crippen LogP contribution >= 0.6 is 0 Å². The van der Waals surface area contributed by atoms with Crippen molar-refractivity contribution in [3.63, 3.8) is 0 Å². The van der Waals surface area contributed by atoms with Gasteiger partial charge in [-0.2, -0.15) is 0 Å². The predicted octanol–water partition coefficient (Wildman–Crippen LogP) is 3.35. The van der Waals surface area contributed by atoms with Crippen LogP contribution in [-0.4, -0.2) is 24.5 Å². The molecule has 26 heavy (non-hydrogen) atoms. The Bertz CT molecular complexity index is 1010. The topological polar surface area (TPSA) is 64.0 Å². The standard InChI is InChI=1S/C19H22FN3O2S/c1-14(2)12-23-13-15(16-6-5-10-21-19(16)23)9-11-22-26(24,25)18-8-4-3-7-17(18)20/h3-8,10,13-14,22H,9,11-12H2,1-2H3. The van der Waals surface area contributed by atoms with Crippen molar-refractivity contribution in [2.45, 2.75) is 31.7 Å². The van der Waals surface area contributed by atoms with Crippen LogP contribution in [0, 0.1) is 11.7 Å². The number of halogens is 1.